The maximum Gasteiger partial charge on any atom is 0.387 e. The van der Waals surface area contributed by atoms with Crippen LogP contribution in [0.5, 0.6) is 5.75 Å². The van der Waals surface area contributed by atoms with Crippen LogP contribution in [-0.4, -0.2) is 11.7 Å². The molecule has 0 aromatic heterocycles. The molecule has 5 heteroatoms. The summed E-state index contributed by atoms with van der Waals surface area (Å²) in [5.41, 5.74) is 0.248. The van der Waals surface area contributed by atoms with Crippen LogP contribution in [-0.2, 0) is 0 Å². The van der Waals surface area contributed by atoms with Gasteiger partial charge in [-0.15, -0.1) is 0 Å². The molecule has 1 aromatic carbocycles. The predicted molar refractivity (Wildman–Crippen MR) is 48.7 cm³/mol. The fraction of sp³-hybridized carbons (Fsp3) is 0.333. The molecule has 0 fully saturated rings. The van der Waals surface area contributed by atoms with Crippen molar-refractivity contribution >= 4 is 11.6 Å². The Bertz CT molecular complexity index is 316. The van der Waals surface area contributed by atoms with Crippen molar-refractivity contribution in [2.45, 2.75) is 19.6 Å². The second-order valence-electron chi connectivity index (χ2n) is 2.74. The van der Waals surface area contributed by atoms with E-state index in [4.69, 9.17) is 11.6 Å². The summed E-state index contributed by atoms with van der Waals surface area (Å²) in [4.78, 5) is 0. The Balaban J connectivity index is 3.02. The molecule has 1 N–H and O–H groups in total. The summed E-state index contributed by atoms with van der Waals surface area (Å²) < 4.78 is 28.1. The quantitative estimate of drug-likeness (QED) is 0.852. The number of aliphatic hydroxyl groups excluding tert-OH is 1. The van der Waals surface area contributed by atoms with Crippen LogP contribution in [0.3, 0.4) is 0 Å². The van der Waals surface area contributed by atoms with Gasteiger partial charge in [0.15, 0.2) is 0 Å². The fourth-order valence-corrected chi connectivity index (χ4v) is 1.23. The summed E-state index contributed by atoms with van der Waals surface area (Å²) in [7, 11) is 0. The lowest BCUT2D eigenvalue weighted by Gasteiger charge is -2.12. The summed E-state index contributed by atoms with van der Waals surface area (Å²) in [5, 5.41) is 9.62. The average molecular weight is 223 g/mol. The van der Waals surface area contributed by atoms with Gasteiger partial charge in [0.2, 0.25) is 0 Å². The minimum absolute atomic E-state index is 0.0561. The first-order valence-corrected chi connectivity index (χ1v) is 4.31. The normalized spacial score (nSPS) is 13.0. The van der Waals surface area contributed by atoms with Crippen molar-refractivity contribution in [1.29, 1.82) is 0 Å². The van der Waals surface area contributed by atoms with E-state index in [9.17, 15) is 13.9 Å². The molecule has 0 aliphatic rings. The van der Waals surface area contributed by atoms with Crippen molar-refractivity contribution in [3.05, 3.63) is 28.8 Å². The van der Waals surface area contributed by atoms with E-state index >= 15 is 0 Å². The molecule has 14 heavy (non-hydrogen) atoms. The molecule has 0 saturated carbocycles. The zero-order valence-electron chi connectivity index (χ0n) is 7.38. The Morgan fingerprint density at radius 3 is 2.57 bits per heavy atom. The van der Waals surface area contributed by atoms with Gasteiger partial charge in [-0.05, 0) is 25.1 Å². The third kappa shape index (κ3) is 2.82. The lowest BCUT2D eigenvalue weighted by atomic mass is 10.1. The van der Waals surface area contributed by atoms with Crippen LogP contribution in [0.1, 0.15) is 18.6 Å². The summed E-state index contributed by atoms with van der Waals surface area (Å²) in [6.07, 6.45) is -0.901. The lowest BCUT2D eigenvalue weighted by Crippen LogP contribution is -2.05. The summed E-state index contributed by atoms with van der Waals surface area (Å²) in [6.45, 7) is -1.46. The van der Waals surface area contributed by atoms with Gasteiger partial charge in [0.05, 0.1) is 6.10 Å². The van der Waals surface area contributed by atoms with Gasteiger partial charge in [0.25, 0.3) is 0 Å². The number of hydrogen-bond acceptors (Lipinski definition) is 2. The second kappa shape index (κ2) is 4.57. The molecule has 1 rings (SSSR count). The number of ether oxygens (including phenoxy) is 1. The number of alkyl halides is 2. The van der Waals surface area contributed by atoms with E-state index in [2.05, 4.69) is 4.74 Å². The minimum Gasteiger partial charge on any atom is -0.434 e. The van der Waals surface area contributed by atoms with Crippen molar-refractivity contribution in [2.24, 2.45) is 0 Å². The molecular weight excluding hydrogens is 214 g/mol. The van der Waals surface area contributed by atoms with E-state index in [1.807, 2.05) is 0 Å². The van der Waals surface area contributed by atoms with Gasteiger partial charge >= 0.3 is 6.61 Å². The van der Waals surface area contributed by atoms with Crippen LogP contribution < -0.4 is 4.74 Å². The Hall–Kier alpha value is -0.870. The van der Waals surface area contributed by atoms with Gasteiger partial charge in [0.1, 0.15) is 5.75 Å². The maximum absolute atomic E-state index is 11.9. The molecule has 0 saturated heterocycles. The molecule has 0 radical (unpaired) electrons. The highest BCUT2D eigenvalue weighted by Gasteiger charge is 2.13. The van der Waals surface area contributed by atoms with Crippen molar-refractivity contribution < 1.29 is 18.6 Å². The molecule has 0 unspecified atom stereocenters. The molecular formula is C9H9ClF2O2. The third-order valence-corrected chi connectivity index (χ3v) is 1.87. The third-order valence-electron chi connectivity index (χ3n) is 1.64. The van der Waals surface area contributed by atoms with E-state index in [1.54, 1.807) is 0 Å². The van der Waals surface area contributed by atoms with Gasteiger partial charge in [-0.1, -0.05) is 11.6 Å². The molecule has 0 amide bonds. The summed E-state index contributed by atoms with van der Waals surface area (Å²) >= 11 is 5.64. The molecule has 0 aliphatic carbocycles. The number of hydrogen-bond donors (Lipinski definition) is 1. The maximum atomic E-state index is 11.9. The Labute approximate surface area is 85.1 Å². The molecule has 0 bridgehead atoms. The number of rotatable bonds is 3. The Kier molecular flexibility index (Phi) is 3.66. The highest BCUT2D eigenvalue weighted by Crippen LogP contribution is 2.29. The molecule has 1 aromatic rings. The van der Waals surface area contributed by atoms with Crippen LogP contribution in [0.4, 0.5) is 8.78 Å². The summed E-state index contributed by atoms with van der Waals surface area (Å²) in [5.74, 6) is -0.0561. The lowest BCUT2D eigenvalue weighted by molar-refractivity contribution is -0.0514. The van der Waals surface area contributed by atoms with Crippen molar-refractivity contribution in [1.82, 2.24) is 0 Å². The van der Waals surface area contributed by atoms with Gasteiger partial charge in [-0.3, -0.25) is 0 Å². The van der Waals surface area contributed by atoms with Gasteiger partial charge in [-0.2, -0.15) is 8.78 Å². The molecule has 2 nitrogen and oxygen atoms in total. The van der Waals surface area contributed by atoms with Crippen LogP contribution in [0, 0.1) is 0 Å². The molecule has 1 atom stereocenters. The van der Waals surface area contributed by atoms with E-state index < -0.39 is 12.7 Å². The number of halogens is 3. The summed E-state index contributed by atoms with van der Waals surface area (Å²) in [6, 6.07) is 4.12. The molecule has 0 spiro atoms. The first-order chi connectivity index (χ1) is 6.50. The molecule has 78 valence electrons. The van der Waals surface area contributed by atoms with Gasteiger partial charge < -0.3 is 9.84 Å². The van der Waals surface area contributed by atoms with Crippen LogP contribution >= 0.6 is 11.6 Å². The first kappa shape index (κ1) is 11.2. The highest BCUT2D eigenvalue weighted by atomic mass is 35.5. The Morgan fingerprint density at radius 2 is 2.07 bits per heavy atom. The molecule has 0 aliphatic heterocycles. The van der Waals surface area contributed by atoms with Crippen molar-refractivity contribution in [3.8, 4) is 5.75 Å². The number of benzene rings is 1. The minimum atomic E-state index is -2.91. The fourth-order valence-electron chi connectivity index (χ4n) is 1.05. The highest BCUT2D eigenvalue weighted by molar-refractivity contribution is 6.30. The van der Waals surface area contributed by atoms with Crippen molar-refractivity contribution in [2.75, 3.05) is 0 Å². The molecule has 0 heterocycles. The predicted octanol–water partition coefficient (Wildman–Crippen LogP) is 2.99. The van der Waals surface area contributed by atoms with Gasteiger partial charge in [0, 0.05) is 10.6 Å². The largest absolute Gasteiger partial charge is 0.434 e. The Morgan fingerprint density at radius 1 is 1.43 bits per heavy atom. The van der Waals surface area contributed by atoms with Crippen molar-refractivity contribution in [3.63, 3.8) is 0 Å². The van der Waals surface area contributed by atoms with Crippen LogP contribution in [0.15, 0.2) is 18.2 Å². The van der Waals surface area contributed by atoms with E-state index in [1.165, 1.54) is 25.1 Å². The topological polar surface area (TPSA) is 29.5 Å². The zero-order chi connectivity index (χ0) is 10.7. The smallest absolute Gasteiger partial charge is 0.387 e. The van der Waals surface area contributed by atoms with Crippen LogP contribution in [0.25, 0.3) is 0 Å². The van der Waals surface area contributed by atoms with E-state index in [0.717, 1.165) is 0 Å². The average Bonchev–Trinajstić information content (AvgIpc) is 2.07. The standard InChI is InChI=1S/C9H9ClF2O2/c1-5(13)7-4-6(10)2-3-8(7)14-9(11)12/h2-5,9,13H,1H3/t5-/m0/s1. The SMILES string of the molecule is C[C@H](O)c1cc(Cl)ccc1OC(F)F. The second-order valence-corrected chi connectivity index (χ2v) is 3.17. The number of aliphatic hydroxyl groups is 1. The zero-order valence-corrected chi connectivity index (χ0v) is 8.13. The van der Waals surface area contributed by atoms with Crippen LogP contribution in [0.2, 0.25) is 5.02 Å². The van der Waals surface area contributed by atoms with E-state index in [0.29, 0.717) is 5.02 Å². The first-order valence-electron chi connectivity index (χ1n) is 3.93. The monoisotopic (exact) mass is 222 g/mol. The van der Waals surface area contributed by atoms with Gasteiger partial charge in [-0.25, -0.2) is 0 Å². The van der Waals surface area contributed by atoms with E-state index in [-0.39, 0.29) is 11.3 Å².